The fourth-order valence-electron chi connectivity index (χ4n) is 2.17. The smallest absolute Gasteiger partial charge is 0.224 e. The highest BCUT2D eigenvalue weighted by atomic mass is 35.5. The zero-order valence-corrected chi connectivity index (χ0v) is 13.4. The van der Waals surface area contributed by atoms with Crippen LogP contribution >= 0.6 is 11.6 Å². The van der Waals surface area contributed by atoms with Gasteiger partial charge in [0.1, 0.15) is 5.82 Å². The van der Waals surface area contributed by atoms with Gasteiger partial charge in [0.05, 0.1) is 25.0 Å². The van der Waals surface area contributed by atoms with Crippen LogP contribution in [0.5, 0.6) is 0 Å². The molecule has 0 aliphatic rings. The van der Waals surface area contributed by atoms with Crippen LogP contribution in [0.3, 0.4) is 0 Å². The molecule has 1 aromatic carbocycles. The van der Waals surface area contributed by atoms with Gasteiger partial charge in [0, 0.05) is 23.3 Å². The maximum absolute atomic E-state index is 13.7. The lowest BCUT2D eigenvalue weighted by Crippen LogP contribution is -2.26. The number of halogens is 2. The molecule has 22 heavy (non-hydrogen) atoms. The molecule has 1 aromatic heterocycles. The first-order valence-corrected chi connectivity index (χ1v) is 7.53. The fourth-order valence-corrected chi connectivity index (χ4v) is 2.40. The van der Waals surface area contributed by atoms with E-state index in [1.165, 1.54) is 12.1 Å². The monoisotopic (exact) mass is 323 g/mol. The van der Waals surface area contributed by atoms with Crippen LogP contribution in [0.4, 0.5) is 4.39 Å². The summed E-state index contributed by atoms with van der Waals surface area (Å²) < 4.78 is 15.7. The van der Waals surface area contributed by atoms with Crippen LogP contribution in [0.1, 0.15) is 25.1 Å². The number of nitrogens with zero attached hydrogens (tertiary/aromatic N) is 2. The molecule has 4 nitrogen and oxygen atoms in total. The minimum Gasteiger partial charge on any atom is -0.350 e. The van der Waals surface area contributed by atoms with E-state index in [4.69, 9.17) is 11.6 Å². The Morgan fingerprint density at radius 3 is 2.91 bits per heavy atom. The predicted octanol–water partition coefficient (Wildman–Crippen LogP) is 3.19. The zero-order chi connectivity index (χ0) is 16.1. The van der Waals surface area contributed by atoms with Gasteiger partial charge in [-0.3, -0.25) is 4.79 Å². The molecular weight excluding hydrogens is 305 g/mol. The van der Waals surface area contributed by atoms with Crippen LogP contribution in [0, 0.1) is 11.7 Å². The summed E-state index contributed by atoms with van der Waals surface area (Å²) in [5, 5.41) is 3.04. The molecule has 118 valence electrons. The number of hydrogen-bond donors (Lipinski definition) is 1. The molecule has 0 atom stereocenters. The lowest BCUT2D eigenvalue weighted by molar-refractivity contribution is -0.120. The van der Waals surface area contributed by atoms with Crippen LogP contribution < -0.4 is 5.32 Å². The van der Waals surface area contributed by atoms with Crippen LogP contribution in [0.15, 0.2) is 30.7 Å². The summed E-state index contributed by atoms with van der Waals surface area (Å²) in [5.74, 6) is -0.252. The molecule has 2 rings (SSSR count). The molecule has 0 radical (unpaired) electrons. The van der Waals surface area contributed by atoms with Gasteiger partial charge >= 0.3 is 0 Å². The van der Waals surface area contributed by atoms with Gasteiger partial charge < -0.3 is 9.88 Å². The van der Waals surface area contributed by atoms with E-state index in [0.717, 1.165) is 12.2 Å². The first-order chi connectivity index (χ1) is 10.5. The molecule has 0 saturated carbocycles. The van der Waals surface area contributed by atoms with Crippen molar-refractivity contribution in [2.45, 2.75) is 33.4 Å². The number of carbonyl (C=O) groups is 1. The number of benzene rings is 1. The zero-order valence-electron chi connectivity index (χ0n) is 12.6. The SMILES string of the molecule is CC(C)Cn1cncc1CNC(=O)Cc1c(F)cccc1Cl. The number of carbonyl (C=O) groups excluding carboxylic acids is 1. The topological polar surface area (TPSA) is 46.9 Å². The normalized spacial score (nSPS) is 11.0. The van der Waals surface area contributed by atoms with Gasteiger partial charge in [-0.15, -0.1) is 0 Å². The van der Waals surface area contributed by atoms with E-state index in [-0.39, 0.29) is 22.9 Å². The molecule has 0 bridgehead atoms. The van der Waals surface area contributed by atoms with Crippen LogP contribution in [-0.2, 0) is 24.3 Å². The van der Waals surface area contributed by atoms with Crippen molar-refractivity contribution in [3.63, 3.8) is 0 Å². The van der Waals surface area contributed by atoms with Gasteiger partial charge in [-0.05, 0) is 18.1 Å². The van der Waals surface area contributed by atoms with Crippen molar-refractivity contribution in [1.82, 2.24) is 14.9 Å². The number of aromatic nitrogens is 2. The summed E-state index contributed by atoms with van der Waals surface area (Å²) in [6.07, 6.45) is 3.39. The minimum atomic E-state index is -0.465. The average molecular weight is 324 g/mol. The molecule has 0 fully saturated rings. The molecular formula is C16H19ClFN3O. The standard InChI is InChI=1S/C16H19ClFN3O/c1-11(2)9-21-10-19-7-12(21)8-20-16(22)6-13-14(17)4-3-5-15(13)18/h3-5,7,10-11H,6,8-9H2,1-2H3,(H,20,22). The Bertz CT molecular complexity index is 634. The Morgan fingerprint density at radius 2 is 2.23 bits per heavy atom. The second-order valence-corrected chi connectivity index (χ2v) is 5.99. The molecule has 0 spiro atoms. The summed E-state index contributed by atoms with van der Waals surface area (Å²) in [6, 6.07) is 4.39. The highest BCUT2D eigenvalue weighted by Gasteiger charge is 2.12. The van der Waals surface area contributed by atoms with E-state index in [2.05, 4.69) is 24.1 Å². The third-order valence-corrected chi connectivity index (χ3v) is 3.58. The van der Waals surface area contributed by atoms with Gasteiger partial charge in [0.25, 0.3) is 0 Å². The Kier molecular flexibility index (Phi) is 5.55. The van der Waals surface area contributed by atoms with Gasteiger partial charge in [-0.2, -0.15) is 0 Å². The quantitative estimate of drug-likeness (QED) is 0.887. The first kappa shape index (κ1) is 16.5. The Hall–Kier alpha value is -1.88. The van der Waals surface area contributed by atoms with Crippen molar-refractivity contribution in [1.29, 1.82) is 0 Å². The molecule has 0 aliphatic heterocycles. The summed E-state index contributed by atoms with van der Waals surface area (Å²) in [4.78, 5) is 16.1. The largest absolute Gasteiger partial charge is 0.350 e. The van der Waals surface area contributed by atoms with E-state index >= 15 is 0 Å². The lowest BCUT2D eigenvalue weighted by Gasteiger charge is -2.11. The summed E-state index contributed by atoms with van der Waals surface area (Å²) in [7, 11) is 0. The van der Waals surface area contributed by atoms with Crippen molar-refractivity contribution in [3.05, 3.63) is 52.8 Å². The van der Waals surface area contributed by atoms with Gasteiger partial charge in [-0.25, -0.2) is 9.37 Å². The number of nitrogens with one attached hydrogen (secondary N) is 1. The molecule has 1 N–H and O–H groups in total. The van der Waals surface area contributed by atoms with E-state index in [0.29, 0.717) is 12.5 Å². The van der Waals surface area contributed by atoms with E-state index < -0.39 is 5.82 Å². The van der Waals surface area contributed by atoms with Crippen LogP contribution in [0.2, 0.25) is 5.02 Å². The second-order valence-electron chi connectivity index (χ2n) is 5.58. The van der Waals surface area contributed by atoms with Crippen molar-refractivity contribution >= 4 is 17.5 Å². The van der Waals surface area contributed by atoms with Crippen molar-refractivity contribution < 1.29 is 9.18 Å². The Morgan fingerprint density at radius 1 is 1.45 bits per heavy atom. The highest BCUT2D eigenvalue weighted by molar-refractivity contribution is 6.31. The van der Waals surface area contributed by atoms with Gasteiger partial charge in [-0.1, -0.05) is 31.5 Å². The van der Waals surface area contributed by atoms with Crippen molar-refractivity contribution in [3.8, 4) is 0 Å². The highest BCUT2D eigenvalue weighted by Crippen LogP contribution is 2.19. The molecule has 2 aromatic rings. The van der Waals surface area contributed by atoms with E-state index in [1.807, 2.05) is 4.57 Å². The van der Waals surface area contributed by atoms with E-state index in [9.17, 15) is 9.18 Å². The number of hydrogen-bond acceptors (Lipinski definition) is 2. The molecule has 0 aliphatic carbocycles. The van der Waals surface area contributed by atoms with Gasteiger partial charge in [0.15, 0.2) is 0 Å². The lowest BCUT2D eigenvalue weighted by atomic mass is 10.1. The maximum Gasteiger partial charge on any atom is 0.224 e. The fraction of sp³-hybridized carbons (Fsp3) is 0.375. The third-order valence-electron chi connectivity index (χ3n) is 3.23. The Labute approximate surface area is 134 Å². The van der Waals surface area contributed by atoms with Gasteiger partial charge in [0.2, 0.25) is 5.91 Å². The van der Waals surface area contributed by atoms with Crippen molar-refractivity contribution in [2.75, 3.05) is 0 Å². The van der Waals surface area contributed by atoms with Crippen LogP contribution in [0.25, 0.3) is 0 Å². The summed E-state index contributed by atoms with van der Waals surface area (Å²) >= 11 is 5.92. The molecule has 6 heteroatoms. The number of imidazole rings is 1. The number of rotatable bonds is 6. The average Bonchev–Trinajstić information content (AvgIpc) is 2.87. The van der Waals surface area contributed by atoms with Crippen molar-refractivity contribution in [2.24, 2.45) is 5.92 Å². The summed E-state index contributed by atoms with van der Waals surface area (Å²) in [5.41, 5.74) is 1.14. The molecule has 1 amide bonds. The third kappa shape index (κ3) is 4.31. The van der Waals surface area contributed by atoms with Crippen LogP contribution in [-0.4, -0.2) is 15.5 Å². The number of amides is 1. The maximum atomic E-state index is 13.7. The molecule has 0 saturated heterocycles. The molecule has 0 unspecified atom stereocenters. The second kappa shape index (κ2) is 7.40. The summed E-state index contributed by atoms with van der Waals surface area (Å²) in [6.45, 7) is 5.42. The molecule has 1 heterocycles. The Balaban J connectivity index is 1.95. The first-order valence-electron chi connectivity index (χ1n) is 7.16. The minimum absolute atomic E-state index is 0.0795. The van der Waals surface area contributed by atoms with E-state index in [1.54, 1.807) is 18.6 Å². The predicted molar refractivity (Wildman–Crippen MR) is 84.0 cm³/mol.